The van der Waals surface area contributed by atoms with E-state index in [9.17, 15) is 4.79 Å². The van der Waals surface area contributed by atoms with Gasteiger partial charge in [0.15, 0.2) is 0 Å². The molecule has 0 unspecified atom stereocenters. The maximum atomic E-state index is 13.5. The molecule has 0 aliphatic rings. The summed E-state index contributed by atoms with van der Waals surface area (Å²) in [5, 5.41) is 15.8. The van der Waals surface area contributed by atoms with Crippen molar-refractivity contribution >= 4 is 45.0 Å². The summed E-state index contributed by atoms with van der Waals surface area (Å²) < 4.78 is 10.1. The molecule has 0 atom stereocenters. The minimum absolute atomic E-state index is 0.227. The summed E-state index contributed by atoms with van der Waals surface area (Å²) in [6.07, 6.45) is 3.66. The number of hydrogen-bond acceptors (Lipinski definition) is 5. The zero-order valence-corrected chi connectivity index (χ0v) is 25.7. The molecular weight excluding hydrogens is 550 g/mol. The number of carbonyl (C=O) groups excluding carboxylic acids is 1. The van der Waals surface area contributed by atoms with Crippen LogP contribution in [0.15, 0.2) is 91.4 Å². The number of nitrogens with one attached hydrogen (secondary N) is 3. The first-order valence-corrected chi connectivity index (χ1v) is 14.7. The van der Waals surface area contributed by atoms with E-state index in [2.05, 4.69) is 57.4 Å². The SMILES string of the molecule is CNc1cccc2c1ncn2CCOc1ccc(NC(=O)Nc2c(C(C)(C)C)cnn2-c2ccc(C)cc2)c2ccccc12. The molecule has 224 valence electrons. The molecule has 0 radical (unpaired) electrons. The lowest BCUT2D eigenvalue weighted by Crippen LogP contribution is -2.24. The lowest BCUT2D eigenvalue weighted by atomic mass is 9.89. The number of para-hydroxylation sites is 1. The van der Waals surface area contributed by atoms with Crippen molar-refractivity contribution in [3.05, 3.63) is 103 Å². The van der Waals surface area contributed by atoms with E-state index in [-0.39, 0.29) is 11.4 Å². The molecule has 0 spiro atoms. The predicted octanol–water partition coefficient (Wildman–Crippen LogP) is 7.75. The van der Waals surface area contributed by atoms with E-state index in [1.807, 2.05) is 99.3 Å². The van der Waals surface area contributed by atoms with E-state index in [1.165, 1.54) is 0 Å². The van der Waals surface area contributed by atoms with E-state index in [1.54, 1.807) is 4.68 Å². The summed E-state index contributed by atoms with van der Waals surface area (Å²) in [6, 6.07) is 25.5. The summed E-state index contributed by atoms with van der Waals surface area (Å²) in [6.45, 7) is 9.47. The molecule has 9 heteroatoms. The predicted molar refractivity (Wildman–Crippen MR) is 178 cm³/mol. The Bertz CT molecular complexity index is 1950. The Morgan fingerprint density at radius 2 is 1.66 bits per heavy atom. The molecule has 2 aromatic heterocycles. The number of ether oxygens (including phenoxy) is 1. The Morgan fingerprint density at radius 1 is 0.886 bits per heavy atom. The molecule has 0 bridgehead atoms. The van der Waals surface area contributed by atoms with Crippen LogP contribution >= 0.6 is 0 Å². The van der Waals surface area contributed by atoms with Crippen LogP contribution < -0.4 is 20.7 Å². The van der Waals surface area contributed by atoms with Crippen LogP contribution in [0.5, 0.6) is 5.75 Å². The van der Waals surface area contributed by atoms with Crippen LogP contribution in [0.2, 0.25) is 0 Å². The smallest absolute Gasteiger partial charge is 0.324 e. The highest BCUT2D eigenvalue weighted by Crippen LogP contribution is 2.34. The van der Waals surface area contributed by atoms with Crippen molar-refractivity contribution in [1.82, 2.24) is 19.3 Å². The normalized spacial score (nSPS) is 11.6. The van der Waals surface area contributed by atoms with Crippen LogP contribution in [-0.4, -0.2) is 39.0 Å². The second kappa shape index (κ2) is 11.8. The van der Waals surface area contributed by atoms with Gasteiger partial charge in [-0.05, 0) is 48.7 Å². The van der Waals surface area contributed by atoms with Crippen LogP contribution in [0.25, 0.3) is 27.5 Å². The van der Waals surface area contributed by atoms with Gasteiger partial charge in [0.05, 0.1) is 41.6 Å². The maximum Gasteiger partial charge on any atom is 0.324 e. The van der Waals surface area contributed by atoms with Crippen LogP contribution in [0.4, 0.5) is 22.0 Å². The minimum atomic E-state index is -0.351. The Morgan fingerprint density at radius 3 is 2.41 bits per heavy atom. The highest BCUT2D eigenvalue weighted by molar-refractivity contribution is 6.07. The minimum Gasteiger partial charge on any atom is -0.491 e. The van der Waals surface area contributed by atoms with Crippen LogP contribution in [0, 0.1) is 6.92 Å². The van der Waals surface area contributed by atoms with Crippen molar-refractivity contribution in [3.8, 4) is 11.4 Å². The van der Waals surface area contributed by atoms with Crippen molar-refractivity contribution < 1.29 is 9.53 Å². The molecule has 0 aliphatic carbocycles. The van der Waals surface area contributed by atoms with Gasteiger partial charge in [0.25, 0.3) is 0 Å². The number of anilines is 3. The van der Waals surface area contributed by atoms with Crippen LogP contribution in [0.1, 0.15) is 31.9 Å². The molecule has 2 amide bonds. The molecule has 4 aromatic carbocycles. The summed E-state index contributed by atoms with van der Waals surface area (Å²) in [5.41, 5.74) is 6.41. The summed E-state index contributed by atoms with van der Waals surface area (Å²) in [7, 11) is 1.90. The van der Waals surface area contributed by atoms with Gasteiger partial charge in [0.1, 0.15) is 23.7 Å². The fraction of sp³-hybridized carbons (Fsp3) is 0.229. The van der Waals surface area contributed by atoms with E-state index in [4.69, 9.17) is 4.74 Å². The zero-order valence-electron chi connectivity index (χ0n) is 25.7. The van der Waals surface area contributed by atoms with E-state index >= 15 is 0 Å². The van der Waals surface area contributed by atoms with Crippen LogP contribution in [0.3, 0.4) is 0 Å². The number of rotatable bonds is 8. The summed E-state index contributed by atoms with van der Waals surface area (Å²) in [4.78, 5) is 18.0. The maximum absolute atomic E-state index is 13.5. The molecule has 0 fully saturated rings. The van der Waals surface area contributed by atoms with E-state index in [0.29, 0.717) is 24.7 Å². The van der Waals surface area contributed by atoms with Crippen molar-refractivity contribution in [3.63, 3.8) is 0 Å². The molecule has 9 nitrogen and oxygen atoms in total. The Hall–Kier alpha value is -5.31. The van der Waals surface area contributed by atoms with Gasteiger partial charge in [-0.25, -0.2) is 14.5 Å². The average Bonchev–Trinajstić information content (AvgIpc) is 3.63. The highest BCUT2D eigenvalue weighted by Gasteiger charge is 2.25. The number of amides is 2. The van der Waals surface area contributed by atoms with Gasteiger partial charge in [-0.2, -0.15) is 5.10 Å². The van der Waals surface area contributed by atoms with Crippen molar-refractivity contribution in [2.24, 2.45) is 0 Å². The van der Waals surface area contributed by atoms with Crippen molar-refractivity contribution in [2.75, 3.05) is 29.6 Å². The van der Waals surface area contributed by atoms with Gasteiger partial charge in [-0.1, -0.05) is 68.8 Å². The number of carbonyl (C=O) groups is 1. The molecule has 0 saturated carbocycles. The number of aromatic nitrogens is 4. The molecule has 6 aromatic rings. The first-order chi connectivity index (χ1) is 21.2. The number of aryl methyl sites for hydroxylation is 1. The topological polar surface area (TPSA) is 98.0 Å². The quantitative estimate of drug-likeness (QED) is 0.169. The van der Waals surface area contributed by atoms with Crippen molar-refractivity contribution in [2.45, 2.75) is 39.7 Å². The van der Waals surface area contributed by atoms with Crippen molar-refractivity contribution in [1.29, 1.82) is 0 Å². The van der Waals surface area contributed by atoms with Gasteiger partial charge in [0.2, 0.25) is 0 Å². The largest absolute Gasteiger partial charge is 0.491 e. The number of nitrogens with zero attached hydrogens (tertiary/aromatic N) is 4. The van der Waals surface area contributed by atoms with E-state index < -0.39 is 0 Å². The molecule has 3 N–H and O–H groups in total. The highest BCUT2D eigenvalue weighted by atomic mass is 16.5. The number of fused-ring (bicyclic) bond motifs is 2. The summed E-state index contributed by atoms with van der Waals surface area (Å²) in [5.74, 6) is 1.39. The Balaban J connectivity index is 1.21. The number of imidazole rings is 1. The molecular formula is C35H37N7O2. The third kappa shape index (κ3) is 5.68. The number of benzene rings is 4. The fourth-order valence-electron chi connectivity index (χ4n) is 5.39. The third-order valence-corrected chi connectivity index (χ3v) is 7.73. The number of urea groups is 1. The average molecular weight is 588 g/mol. The van der Waals surface area contributed by atoms with E-state index in [0.717, 1.165) is 50.1 Å². The first kappa shape index (κ1) is 28.8. The molecule has 0 aliphatic heterocycles. The van der Waals surface area contributed by atoms with Crippen LogP contribution in [-0.2, 0) is 12.0 Å². The first-order valence-electron chi connectivity index (χ1n) is 14.7. The molecule has 6 rings (SSSR count). The molecule has 2 heterocycles. The fourth-order valence-corrected chi connectivity index (χ4v) is 5.39. The Kier molecular flexibility index (Phi) is 7.69. The standard InChI is InChI=1S/C35H37N7O2/c1-23-13-15-24(16-14-23)42-33(27(21-38-42)35(2,3)4)40-34(43)39-28-17-18-31(26-10-7-6-9-25(26)28)44-20-19-41-22-37-32-29(36-5)11-8-12-30(32)41/h6-18,21-22,36H,19-20H2,1-5H3,(H2,39,40,43). The lowest BCUT2D eigenvalue weighted by Gasteiger charge is -2.20. The monoisotopic (exact) mass is 587 g/mol. The third-order valence-electron chi connectivity index (χ3n) is 7.73. The second-order valence-electron chi connectivity index (χ2n) is 11.8. The van der Waals surface area contributed by atoms with Gasteiger partial charge < -0.3 is 19.9 Å². The van der Waals surface area contributed by atoms with Gasteiger partial charge >= 0.3 is 6.03 Å². The second-order valence-corrected chi connectivity index (χ2v) is 11.8. The van der Waals surface area contributed by atoms with Gasteiger partial charge in [-0.15, -0.1) is 0 Å². The Labute approximate surface area is 256 Å². The molecule has 44 heavy (non-hydrogen) atoms. The van der Waals surface area contributed by atoms with Gasteiger partial charge in [0, 0.05) is 23.4 Å². The van der Waals surface area contributed by atoms with Gasteiger partial charge in [-0.3, -0.25) is 5.32 Å². The molecule has 0 saturated heterocycles. The lowest BCUT2D eigenvalue weighted by molar-refractivity contribution is 0.262. The zero-order chi connectivity index (χ0) is 30.8. The summed E-state index contributed by atoms with van der Waals surface area (Å²) >= 11 is 0. The number of hydrogen-bond donors (Lipinski definition) is 3.